The lowest BCUT2D eigenvalue weighted by Crippen LogP contribution is -3.06. The summed E-state index contributed by atoms with van der Waals surface area (Å²) in [6.45, 7) is 4.11. The minimum absolute atomic E-state index is 0.312. The van der Waals surface area contributed by atoms with Gasteiger partial charge in [-0.2, -0.15) is 0 Å². The van der Waals surface area contributed by atoms with Gasteiger partial charge in [0.25, 0.3) is 0 Å². The molecular weight excluding hydrogens is 178 g/mol. The Morgan fingerprint density at radius 3 is 1.75 bits per heavy atom. The quantitative estimate of drug-likeness (QED) is 0.537. The molecule has 0 atom stereocenters. The number of quaternary nitrogens is 1. The van der Waals surface area contributed by atoms with E-state index in [0.717, 1.165) is 0 Å². The van der Waals surface area contributed by atoms with Crippen LogP contribution in [-0.2, 0) is 10.1 Å². The van der Waals surface area contributed by atoms with Crippen molar-refractivity contribution in [1.29, 1.82) is 0 Å². The van der Waals surface area contributed by atoms with Crippen LogP contribution in [0.1, 0.15) is 19.8 Å². The number of hydrogen-bond acceptors (Lipinski definition) is 3. The molecule has 0 amide bonds. The molecule has 0 aromatic heterocycles. The van der Waals surface area contributed by atoms with Gasteiger partial charge in [0.15, 0.2) is 0 Å². The maximum absolute atomic E-state index is 9.44. The topological polar surface area (TPSA) is 61.6 Å². The normalized spacial score (nSPS) is 18.6. The summed E-state index contributed by atoms with van der Waals surface area (Å²) in [6.07, 6.45) is 2.90. The van der Waals surface area contributed by atoms with E-state index in [2.05, 4.69) is 7.05 Å². The first-order valence-electron chi connectivity index (χ1n) is 4.20. The molecule has 1 aliphatic rings. The van der Waals surface area contributed by atoms with Gasteiger partial charge in [-0.15, -0.1) is 0 Å². The van der Waals surface area contributed by atoms with Gasteiger partial charge >= 0.3 is 0 Å². The van der Waals surface area contributed by atoms with Crippen molar-refractivity contribution in [2.24, 2.45) is 0 Å². The van der Waals surface area contributed by atoms with E-state index >= 15 is 0 Å². The third kappa shape index (κ3) is 7.97. The second kappa shape index (κ2) is 5.50. The van der Waals surface area contributed by atoms with Crippen molar-refractivity contribution in [3.05, 3.63) is 0 Å². The molecule has 0 aromatic carbocycles. The second-order valence-corrected chi connectivity index (χ2v) is 4.70. The van der Waals surface area contributed by atoms with E-state index in [1.807, 2.05) is 0 Å². The molecule has 0 spiro atoms. The largest absolute Gasteiger partial charge is 0.748 e. The number of rotatable bonds is 1. The molecule has 74 valence electrons. The summed E-state index contributed by atoms with van der Waals surface area (Å²) in [4.78, 5) is 1.70. The first-order chi connectivity index (χ1) is 5.45. The van der Waals surface area contributed by atoms with Gasteiger partial charge in [-0.3, -0.25) is 0 Å². The highest BCUT2D eigenvalue weighted by Gasteiger charge is 2.07. The molecule has 1 saturated heterocycles. The molecule has 1 fully saturated rings. The van der Waals surface area contributed by atoms with Crippen molar-refractivity contribution in [2.45, 2.75) is 19.8 Å². The van der Waals surface area contributed by atoms with Gasteiger partial charge in [0.1, 0.15) is 0 Å². The zero-order valence-corrected chi connectivity index (χ0v) is 8.49. The molecule has 5 heteroatoms. The van der Waals surface area contributed by atoms with Crippen molar-refractivity contribution in [1.82, 2.24) is 0 Å². The van der Waals surface area contributed by atoms with Gasteiger partial charge in [0.05, 0.1) is 30.3 Å². The highest BCUT2D eigenvalue weighted by Crippen LogP contribution is 1.84. The van der Waals surface area contributed by atoms with Crippen molar-refractivity contribution >= 4 is 10.1 Å². The van der Waals surface area contributed by atoms with E-state index < -0.39 is 10.1 Å². The first-order valence-corrected chi connectivity index (χ1v) is 5.78. The molecule has 0 unspecified atom stereocenters. The van der Waals surface area contributed by atoms with Crippen LogP contribution in [0.25, 0.3) is 0 Å². The zero-order valence-electron chi connectivity index (χ0n) is 7.67. The van der Waals surface area contributed by atoms with Crippen LogP contribution in [0.15, 0.2) is 0 Å². The van der Waals surface area contributed by atoms with E-state index in [9.17, 15) is 13.0 Å². The van der Waals surface area contributed by atoms with Crippen LogP contribution in [0.2, 0.25) is 0 Å². The Balaban J connectivity index is 0.000000202. The minimum atomic E-state index is -3.91. The SMILES string of the molecule is CCS(=O)(=O)[O-].C[NH+]1CCCC1. The molecule has 0 bridgehead atoms. The molecule has 0 radical (unpaired) electrons. The van der Waals surface area contributed by atoms with Crippen LogP contribution in [0.4, 0.5) is 0 Å². The lowest BCUT2D eigenvalue weighted by Gasteiger charge is -1.98. The number of nitrogens with one attached hydrogen (secondary N) is 1. The molecule has 0 saturated carbocycles. The van der Waals surface area contributed by atoms with Crippen LogP contribution in [-0.4, -0.2) is 38.9 Å². The Morgan fingerprint density at radius 1 is 1.33 bits per heavy atom. The van der Waals surface area contributed by atoms with Crippen LogP contribution < -0.4 is 4.90 Å². The Kier molecular flexibility index (Phi) is 5.44. The number of hydrogen-bond donors (Lipinski definition) is 1. The van der Waals surface area contributed by atoms with E-state index in [0.29, 0.717) is 0 Å². The van der Waals surface area contributed by atoms with Crippen molar-refractivity contribution in [2.75, 3.05) is 25.9 Å². The first kappa shape index (κ1) is 11.9. The Bertz CT molecular complexity index is 195. The van der Waals surface area contributed by atoms with Gasteiger partial charge in [0, 0.05) is 18.6 Å². The van der Waals surface area contributed by atoms with E-state index in [1.165, 1.54) is 32.9 Å². The summed E-state index contributed by atoms with van der Waals surface area (Å²) in [5.41, 5.74) is 0. The average molecular weight is 195 g/mol. The highest BCUT2D eigenvalue weighted by atomic mass is 32.2. The molecule has 1 heterocycles. The maximum atomic E-state index is 9.44. The summed E-state index contributed by atoms with van der Waals surface area (Å²) < 4.78 is 28.3. The Labute approximate surface area is 74.3 Å². The minimum Gasteiger partial charge on any atom is -0.748 e. The molecule has 1 rings (SSSR count). The fraction of sp³-hybridized carbons (Fsp3) is 1.00. The molecule has 4 nitrogen and oxygen atoms in total. The monoisotopic (exact) mass is 195 g/mol. The molecule has 1 N–H and O–H groups in total. The molecule has 1 aliphatic heterocycles. The third-order valence-corrected chi connectivity index (χ3v) is 2.52. The maximum Gasteiger partial charge on any atom is 0.0943 e. The standard InChI is InChI=1S/C5H11N.C2H6O3S/c1-6-4-2-3-5-6;1-2-6(3,4)5/h2-5H2,1H3;2H2,1H3,(H,3,4,5). The van der Waals surface area contributed by atoms with Crippen LogP contribution in [0.3, 0.4) is 0 Å². The molecular formula is C7H17NO3S. The predicted octanol–water partition coefficient (Wildman–Crippen LogP) is -1.15. The lowest BCUT2D eigenvalue weighted by molar-refractivity contribution is -0.866. The van der Waals surface area contributed by atoms with E-state index in [4.69, 9.17) is 0 Å². The van der Waals surface area contributed by atoms with Gasteiger partial charge in [-0.1, -0.05) is 6.92 Å². The second-order valence-electron chi connectivity index (χ2n) is 3.01. The summed E-state index contributed by atoms with van der Waals surface area (Å²) >= 11 is 0. The van der Waals surface area contributed by atoms with Crippen LogP contribution >= 0.6 is 0 Å². The smallest absolute Gasteiger partial charge is 0.0943 e. The van der Waals surface area contributed by atoms with Crippen LogP contribution in [0.5, 0.6) is 0 Å². The van der Waals surface area contributed by atoms with E-state index in [1.54, 1.807) is 4.90 Å². The van der Waals surface area contributed by atoms with Crippen molar-refractivity contribution in [3.63, 3.8) is 0 Å². The molecule has 0 aliphatic carbocycles. The molecule has 0 aromatic rings. The zero-order chi connectivity index (χ0) is 9.61. The van der Waals surface area contributed by atoms with Crippen molar-refractivity contribution < 1.29 is 17.9 Å². The third-order valence-electron chi connectivity index (χ3n) is 1.81. The Hall–Kier alpha value is -0.130. The van der Waals surface area contributed by atoms with E-state index in [-0.39, 0.29) is 5.75 Å². The molecule has 12 heavy (non-hydrogen) atoms. The van der Waals surface area contributed by atoms with Gasteiger partial charge in [-0.05, 0) is 0 Å². The summed E-state index contributed by atoms with van der Waals surface area (Å²) in [5.74, 6) is -0.312. The predicted molar refractivity (Wildman–Crippen MR) is 46.1 cm³/mol. The highest BCUT2D eigenvalue weighted by molar-refractivity contribution is 7.85. The van der Waals surface area contributed by atoms with Gasteiger partial charge in [-0.25, -0.2) is 8.42 Å². The number of likely N-dealkylation sites (tertiary alicyclic amines) is 1. The summed E-state index contributed by atoms with van der Waals surface area (Å²) in [6, 6.07) is 0. The average Bonchev–Trinajstić information content (AvgIpc) is 2.39. The van der Waals surface area contributed by atoms with Gasteiger partial charge < -0.3 is 9.45 Å². The van der Waals surface area contributed by atoms with Crippen molar-refractivity contribution in [3.8, 4) is 0 Å². The van der Waals surface area contributed by atoms with Crippen LogP contribution in [0, 0.1) is 0 Å². The summed E-state index contributed by atoms with van der Waals surface area (Å²) in [5, 5.41) is 0. The summed E-state index contributed by atoms with van der Waals surface area (Å²) in [7, 11) is -1.66. The van der Waals surface area contributed by atoms with Gasteiger partial charge in [0.2, 0.25) is 0 Å². The lowest BCUT2D eigenvalue weighted by atomic mass is 10.4. The fourth-order valence-corrected chi connectivity index (χ4v) is 0.979. The Morgan fingerprint density at radius 2 is 1.67 bits per heavy atom. The fourth-order valence-electron chi connectivity index (χ4n) is 0.979.